The molecule has 110 valence electrons. The third kappa shape index (κ3) is 5.01. The van der Waals surface area contributed by atoms with Gasteiger partial charge in [-0.05, 0) is 0 Å². The summed E-state index contributed by atoms with van der Waals surface area (Å²) in [5.41, 5.74) is -0.679. The Bertz CT molecular complexity index is 604. The molecule has 6 heteroatoms. The van der Waals surface area contributed by atoms with Gasteiger partial charge in [0.05, 0.1) is 0 Å². The molecule has 0 aromatic heterocycles. The zero-order valence-electron chi connectivity index (χ0n) is 10.6. The molecule has 0 aliphatic carbocycles. The van der Waals surface area contributed by atoms with E-state index in [1.165, 1.54) is 12.1 Å². The van der Waals surface area contributed by atoms with Crippen LogP contribution in [0.25, 0.3) is 0 Å². The van der Waals surface area contributed by atoms with Crippen molar-refractivity contribution in [3.63, 3.8) is 0 Å². The van der Waals surface area contributed by atoms with Crippen molar-refractivity contribution in [3.05, 3.63) is 69.9 Å². The molecule has 0 heterocycles. The van der Waals surface area contributed by atoms with Crippen molar-refractivity contribution in [2.24, 2.45) is 0 Å². The fourth-order valence-corrected chi connectivity index (χ4v) is 6.49. The second-order valence-electron chi connectivity index (χ2n) is 3.97. The van der Waals surface area contributed by atoms with E-state index in [1.54, 1.807) is 0 Å². The summed E-state index contributed by atoms with van der Waals surface area (Å²) in [7, 11) is 0. The number of alkyl halides is 3. The number of hydrogen-bond acceptors (Lipinski definition) is 0. The molecule has 0 bridgehead atoms. The van der Waals surface area contributed by atoms with E-state index in [1.807, 2.05) is 30.3 Å². The molecule has 0 aliphatic heterocycles. The molecule has 2 rings (SSSR count). The van der Waals surface area contributed by atoms with Crippen molar-refractivity contribution in [1.82, 2.24) is 0 Å². The topological polar surface area (TPSA) is 0 Å². The molecule has 0 saturated carbocycles. The van der Waals surface area contributed by atoms with Crippen LogP contribution in [0.1, 0.15) is 5.56 Å². The minimum atomic E-state index is -4.34. The Hall–Kier alpha value is -1.06. The Labute approximate surface area is 132 Å². The third-order valence-electron chi connectivity index (χ3n) is 2.45. The summed E-state index contributed by atoms with van der Waals surface area (Å²) in [6, 6.07) is 14.4. The van der Waals surface area contributed by atoms with Crippen LogP contribution < -0.4 is 8.92 Å². The van der Waals surface area contributed by atoms with Crippen LogP contribution in [0.3, 0.4) is 0 Å². The van der Waals surface area contributed by atoms with E-state index in [2.05, 4.69) is 0 Å². The molecule has 0 amide bonds. The Morgan fingerprint density at radius 1 is 0.810 bits per heavy atom. The summed E-state index contributed by atoms with van der Waals surface area (Å²) < 4.78 is 52.8. The van der Waals surface area contributed by atoms with Crippen LogP contribution in [0.4, 0.5) is 17.6 Å². The molecule has 0 nitrogen and oxygen atoms in total. The van der Waals surface area contributed by atoms with Crippen molar-refractivity contribution in [3.8, 4) is 0 Å². The molecule has 0 saturated heterocycles. The van der Waals surface area contributed by atoms with Gasteiger partial charge in [-0.2, -0.15) is 0 Å². The van der Waals surface area contributed by atoms with Crippen molar-refractivity contribution < 1.29 is 17.6 Å². The second-order valence-corrected chi connectivity index (χ2v) is 9.96. The van der Waals surface area contributed by atoms with Gasteiger partial charge in [0.1, 0.15) is 0 Å². The van der Waals surface area contributed by atoms with E-state index in [0.717, 1.165) is 21.1 Å². The molecule has 0 N–H and O–H groups in total. The fraction of sp³-hybridized carbons (Fsp3) is 0.0667. The summed E-state index contributed by atoms with van der Waals surface area (Å²) in [4.78, 5) is 0. The van der Waals surface area contributed by atoms with Gasteiger partial charge in [0, 0.05) is 0 Å². The Balaban J connectivity index is 2.06. The standard InChI is InChI=1S/C15H10F4Se2/c16-10-14(20-12-4-2-1-3-5-12)21-13-8-6-11(7-9-13)15(17,18)19/h1-10H/b14-10+. The summed E-state index contributed by atoms with van der Waals surface area (Å²) in [6.45, 7) is 0. The van der Waals surface area contributed by atoms with Gasteiger partial charge in [0.2, 0.25) is 0 Å². The molecule has 0 aliphatic rings. The average molecular weight is 424 g/mol. The van der Waals surface area contributed by atoms with Gasteiger partial charge in [0.25, 0.3) is 0 Å². The zero-order chi connectivity index (χ0) is 15.3. The first-order chi connectivity index (χ1) is 9.99. The van der Waals surface area contributed by atoms with Crippen LogP contribution >= 0.6 is 0 Å². The third-order valence-corrected chi connectivity index (χ3v) is 7.62. The summed E-state index contributed by atoms with van der Waals surface area (Å²) in [6.07, 6.45) is -3.75. The Kier molecular flexibility index (Phi) is 5.65. The van der Waals surface area contributed by atoms with E-state index < -0.39 is 11.7 Å². The second kappa shape index (κ2) is 7.28. The predicted molar refractivity (Wildman–Crippen MR) is 77.9 cm³/mol. The summed E-state index contributed by atoms with van der Waals surface area (Å²) in [5.74, 6) is 0. The van der Waals surface area contributed by atoms with Crippen molar-refractivity contribution in [1.29, 1.82) is 0 Å². The summed E-state index contributed by atoms with van der Waals surface area (Å²) >= 11 is -0.437. The first kappa shape index (κ1) is 16.3. The van der Waals surface area contributed by atoms with Gasteiger partial charge in [-0.15, -0.1) is 0 Å². The van der Waals surface area contributed by atoms with Crippen molar-refractivity contribution in [2.75, 3.05) is 0 Å². The van der Waals surface area contributed by atoms with Crippen molar-refractivity contribution in [2.45, 2.75) is 6.18 Å². The Morgan fingerprint density at radius 2 is 1.33 bits per heavy atom. The SMILES string of the molecule is F/C=C(\[Se]c1ccccc1)[Se]c1ccc(C(F)(F)F)cc1. The first-order valence-corrected chi connectivity index (χ1v) is 9.30. The van der Waals surface area contributed by atoms with Crippen LogP contribution in [0, 0.1) is 0 Å². The van der Waals surface area contributed by atoms with Gasteiger partial charge >= 0.3 is 132 Å². The van der Waals surface area contributed by atoms with Crippen LogP contribution in [0.5, 0.6) is 0 Å². The normalized spacial score (nSPS) is 12.5. The fourth-order valence-electron chi connectivity index (χ4n) is 1.50. The number of rotatable bonds is 4. The average Bonchev–Trinajstić information content (AvgIpc) is 2.47. The number of benzene rings is 2. The first-order valence-electron chi connectivity index (χ1n) is 5.87. The molecule has 0 radical (unpaired) electrons. The van der Waals surface area contributed by atoms with E-state index in [4.69, 9.17) is 0 Å². The monoisotopic (exact) mass is 426 g/mol. The van der Waals surface area contributed by atoms with Gasteiger partial charge in [0.15, 0.2) is 0 Å². The van der Waals surface area contributed by atoms with Gasteiger partial charge in [-0.1, -0.05) is 0 Å². The molecular weight excluding hydrogens is 414 g/mol. The Morgan fingerprint density at radius 3 is 1.81 bits per heavy atom. The molecule has 21 heavy (non-hydrogen) atoms. The number of halogens is 4. The van der Waals surface area contributed by atoms with E-state index >= 15 is 0 Å². The quantitative estimate of drug-likeness (QED) is 0.524. The van der Waals surface area contributed by atoms with E-state index in [9.17, 15) is 17.6 Å². The van der Waals surface area contributed by atoms with Crippen LogP contribution in [0.15, 0.2) is 64.3 Å². The summed E-state index contributed by atoms with van der Waals surface area (Å²) in [5, 5.41) is 0. The van der Waals surface area contributed by atoms with Gasteiger partial charge in [-0.25, -0.2) is 0 Å². The number of hydrogen-bond donors (Lipinski definition) is 0. The maximum atomic E-state index is 13.0. The molecule has 0 fully saturated rings. The minimum absolute atomic E-state index is 0.140. The zero-order valence-corrected chi connectivity index (χ0v) is 14.0. The predicted octanol–water partition coefficient (Wildman–Crippen LogP) is 2.83. The molecule has 0 unspecified atom stereocenters. The van der Waals surface area contributed by atoms with Crippen LogP contribution in [-0.4, -0.2) is 29.9 Å². The molecule has 0 spiro atoms. The molecular formula is C15H10F4Se2. The van der Waals surface area contributed by atoms with Crippen molar-refractivity contribution >= 4 is 38.8 Å². The maximum absolute atomic E-state index is 13.0. The van der Waals surface area contributed by atoms with Crippen LogP contribution in [-0.2, 0) is 6.18 Å². The molecule has 2 aromatic rings. The molecule has 2 aromatic carbocycles. The van der Waals surface area contributed by atoms with Crippen LogP contribution in [0.2, 0.25) is 0 Å². The van der Waals surface area contributed by atoms with Gasteiger partial charge in [-0.3, -0.25) is 0 Å². The molecule has 0 atom stereocenters. The van der Waals surface area contributed by atoms with E-state index in [0.29, 0.717) is 9.70 Å². The van der Waals surface area contributed by atoms with Gasteiger partial charge < -0.3 is 0 Å². The van der Waals surface area contributed by atoms with E-state index in [-0.39, 0.29) is 29.9 Å².